The summed E-state index contributed by atoms with van der Waals surface area (Å²) in [7, 11) is 0. The van der Waals surface area contributed by atoms with Gasteiger partial charge >= 0.3 is 0 Å². The quantitative estimate of drug-likeness (QED) is 0.703. The van der Waals surface area contributed by atoms with Crippen molar-refractivity contribution in [3.63, 3.8) is 0 Å². The minimum atomic E-state index is 0.225. The first-order valence-electron chi connectivity index (χ1n) is 5.78. The van der Waals surface area contributed by atoms with Gasteiger partial charge in [-0.1, -0.05) is 27.7 Å². The van der Waals surface area contributed by atoms with Crippen LogP contribution in [0.15, 0.2) is 6.33 Å². The standard InChI is InChI=1S/C13H20N2/c1-8(2)13(5)9(3)6-11-10(4)14-7-15-12(11)13/h7-9H,6H2,1-5H3. The number of nitrogens with zero attached hydrogens (tertiary/aromatic N) is 2. The Morgan fingerprint density at radius 1 is 1.40 bits per heavy atom. The predicted molar refractivity (Wildman–Crippen MR) is 61.8 cm³/mol. The average Bonchev–Trinajstić information content (AvgIpc) is 2.44. The van der Waals surface area contributed by atoms with Crippen molar-refractivity contribution in [1.29, 1.82) is 0 Å². The molecule has 0 radical (unpaired) electrons. The molecule has 0 fully saturated rings. The van der Waals surface area contributed by atoms with Crippen LogP contribution < -0.4 is 0 Å². The van der Waals surface area contributed by atoms with Crippen molar-refractivity contribution >= 4 is 0 Å². The van der Waals surface area contributed by atoms with Gasteiger partial charge in [0, 0.05) is 11.1 Å². The molecule has 15 heavy (non-hydrogen) atoms. The molecule has 1 aliphatic carbocycles. The Balaban J connectivity index is 2.60. The highest BCUT2D eigenvalue weighted by atomic mass is 14.9. The van der Waals surface area contributed by atoms with Crippen molar-refractivity contribution in [3.8, 4) is 0 Å². The summed E-state index contributed by atoms with van der Waals surface area (Å²) >= 11 is 0. The molecule has 0 saturated carbocycles. The van der Waals surface area contributed by atoms with E-state index in [1.54, 1.807) is 6.33 Å². The summed E-state index contributed by atoms with van der Waals surface area (Å²) in [5.41, 5.74) is 4.07. The van der Waals surface area contributed by atoms with E-state index in [-0.39, 0.29) is 5.41 Å². The van der Waals surface area contributed by atoms with E-state index in [1.165, 1.54) is 11.3 Å². The lowest BCUT2D eigenvalue weighted by Gasteiger charge is -2.33. The third-order valence-electron chi connectivity index (χ3n) is 4.40. The van der Waals surface area contributed by atoms with Crippen LogP contribution in [-0.4, -0.2) is 9.97 Å². The van der Waals surface area contributed by atoms with Crippen molar-refractivity contribution in [2.45, 2.75) is 46.5 Å². The summed E-state index contributed by atoms with van der Waals surface area (Å²) in [5.74, 6) is 1.30. The first-order chi connectivity index (χ1) is 6.98. The first-order valence-corrected chi connectivity index (χ1v) is 5.78. The van der Waals surface area contributed by atoms with E-state index in [2.05, 4.69) is 44.6 Å². The minimum absolute atomic E-state index is 0.225. The molecule has 1 aliphatic rings. The maximum Gasteiger partial charge on any atom is 0.115 e. The van der Waals surface area contributed by atoms with Crippen LogP contribution in [0, 0.1) is 18.8 Å². The molecule has 0 bridgehead atoms. The summed E-state index contributed by atoms with van der Waals surface area (Å²) < 4.78 is 0. The summed E-state index contributed by atoms with van der Waals surface area (Å²) in [5, 5.41) is 0. The summed E-state index contributed by atoms with van der Waals surface area (Å²) in [4.78, 5) is 8.83. The molecule has 2 heteroatoms. The van der Waals surface area contributed by atoms with Gasteiger partial charge in [-0.25, -0.2) is 9.97 Å². The molecule has 0 saturated heterocycles. The Labute approximate surface area is 92.1 Å². The van der Waals surface area contributed by atoms with Crippen LogP contribution in [0.5, 0.6) is 0 Å². The van der Waals surface area contributed by atoms with Crippen molar-refractivity contribution in [3.05, 3.63) is 23.3 Å². The lowest BCUT2D eigenvalue weighted by molar-refractivity contribution is 0.247. The number of fused-ring (bicyclic) bond motifs is 1. The molecule has 2 nitrogen and oxygen atoms in total. The van der Waals surface area contributed by atoms with E-state index in [9.17, 15) is 0 Å². The highest BCUT2D eigenvalue weighted by molar-refractivity contribution is 5.37. The van der Waals surface area contributed by atoms with Gasteiger partial charge in [0.1, 0.15) is 6.33 Å². The molecule has 0 aliphatic heterocycles. The van der Waals surface area contributed by atoms with E-state index in [4.69, 9.17) is 0 Å². The molecule has 0 spiro atoms. The summed E-state index contributed by atoms with van der Waals surface area (Å²) in [6.45, 7) is 11.4. The minimum Gasteiger partial charge on any atom is -0.241 e. The fourth-order valence-corrected chi connectivity index (χ4v) is 2.80. The zero-order chi connectivity index (χ0) is 11.2. The van der Waals surface area contributed by atoms with Gasteiger partial charge < -0.3 is 0 Å². The lowest BCUT2D eigenvalue weighted by atomic mass is 9.71. The van der Waals surface area contributed by atoms with E-state index in [0.29, 0.717) is 11.8 Å². The topological polar surface area (TPSA) is 25.8 Å². The fraction of sp³-hybridized carbons (Fsp3) is 0.692. The molecule has 0 aromatic carbocycles. The van der Waals surface area contributed by atoms with Gasteiger partial charge in [0.2, 0.25) is 0 Å². The van der Waals surface area contributed by atoms with Crippen LogP contribution in [-0.2, 0) is 11.8 Å². The van der Waals surface area contributed by atoms with E-state index in [1.807, 2.05) is 0 Å². The predicted octanol–water partition coefficient (Wildman–Crippen LogP) is 2.89. The van der Waals surface area contributed by atoms with Crippen LogP contribution in [0.3, 0.4) is 0 Å². The zero-order valence-corrected chi connectivity index (χ0v) is 10.3. The number of hydrogen-bond acceptors (Lipinski definition) is 2. The van der Waals surface area contributed by atoms with Gasteiger partial charge in [-0.3, -0.25) is 0 Å². The maximum atomic E-state index is 4.53. The van der Waals surface area contributed by atoms with Crippen LogP contribution in [0.2, 0.25) is 0 Å². The van der Waals surface area contributed by atoms with Crippen molar-refractivity contribution < 1.29 is 0 Å². The SMILES string of the molecule is Cc1ncnc2c1CC(C)C2(C)C(C)C. The summed E-state index contributed by atoms with van der Waals surface area (Å²) in [6.07, 6.45) is 2.85. The Morgan fingerprint density at radius 2 is 2.07 bits per heavy atom. The molecular formula is C13H20N2. The molecule has 0 amide bonds. The van der Waals surface area contributed by atoms with Crippen LogP contribution in [0.4, 0.5) is 0 Å². The fourth-order valence-electron chi connectivity index (χ4n) is 2.80. The Hall–Kier alpha value is -0.920. The average molecular weight is 204 g/mol. The molecule has 0 N–H and O–H groups in total. The second-order valence-electron chi connectivity index (χ2n) is 5.33. The summed E-state index contributed by atoms with van der Waals surface area (Å²) in [6, 6.07) is 0. The zero-order valence-electron chi connectivity index (χ0n) is 10.3. The molecule has 1 heterocycles. The highest BCUT2D eigenvalue weighted by Crippen LogP contribution is 2.47. The Morgan fingerprint density at radius 3 is 2.67 bits per heavy atom. The van der Waals surface area contributed by atoms with E-state index < -0.39 is 0 Å². The lowest BCUT2D eigenvalue weighted by Crippen LogP contribution is -2.33. The van der Waals surface area contributed by atoms with Crippen LogP contribution >= 0.6 is 0 Å². The first kappa shape index (κ1) is 10.6. The Kier molecular flexibility index (Phi) is 2.32. The molecule has 2 rings (SSSR count). The number of rotatable bonds is 1. The monoisotopic (exact) mass is 204 g/mol. The second-order valence-corrected chi connectivity index (χ2v) is 5.33. The van der Waals surface area contributed by atoms with E-state index in [0.717, 1.165) is 12.1 Å². The number of aromatic nitrogens is 2. The highest BCUT2D eigenvalue weighted by Gasteiger charge is 2.44. The molecule has 1 aromatic rings. The largest absolute Gasteiger partial charge is 0.241 e. The molecular weight excluding hydrogens is 184 g/mol. The van der Waals surface area contributed by atoms with E-state index >= 15 is 0 Å². The van der Waals surface area contributed by atoms with Crippen LogP contribution in [0.1, 0.15) is 44.6 Å². The smallest absolute Gasteiger partial charge is 0.115 e. The van der Waals surface area contributed by atoms with Gasteiger partial charge in [0.15, 0.2) is 0 Å². The molecule has 82 valence electrons. The van der Waals surface area contributed by atoms with Crippen molar-refractivity contribution in [2.24, 2.45) is 11.8 Å². The van der Waals surface area contributed by atoms with Crippen molar-refractivity contribution in [2.75, 3.05) is 0 Å². The molecule has 2 atom stereocenters. The van der Waals surface area contributed by atoms with Crippen molar-refractivity contribution in [1.82, 2.24) is 9.97 Å². The Bertz CT molecular complexity index is 384. The van der Waals surface area contributed by atoms with Gasteiger partial charge in [-0.2, -0.15) is 0 Å². The third-order valence-corrected chi connectivity index (χ3v) is 4.40. The van der Waals surface area contributed by atoms with Crippen LogP contribution in [0.25, 0.3) is 0 Å². The van der Waals surface area contributed by atoms with Gasteiger partial charge in [0.05, 0.1) is 5.69 Å². The molecule has 2 unspecified atom stereocenters. The normalized spacial score (nSPS) is 29.6. The number of aryl methyl sites for hydroxylation is 1. The maximum absolute atomic E-state index is 4.53. The second kappa shape index (κ2) is 3.29. The van der Waals surface area contributed by atoms with Gasteiger partial charge in [-0.15, -0.1) is 0 Å². The van der Waals surface area contributed by atoms with Gasteiger partial charge in [0.25, 0.3) is 0 Å². The molecule has 1 aromatic heterocycles. The third kappa shape index (κ3) is 1.30. The number of hydrogen-bond donors (Lipinski definition) is 0. The van der Waals surface area contributed by atoms with Gasteiger partial charge in [-0.05, 0) is 30.7 Å².